The van der Waals surface area contributed by atoms with Crippen LogP contribution in [0.25, 0.3) is 6.08 Å². The Morgan fingerprint density at radius 3 is 2.16 bits per heavy atom. The molecule has 2 atom stereocenters. The van der Waals surface area contributed by atoms with Gasteiger partial charge in [-0.25, -0.2) is 0 Å². The molecule has 0 saturated heterocycles. The molecule has 0 bridgehead atoms. The molecule has 0 amide bonds. The number of rotatable bonds is 8. The molecule has 2 nitrogen and oxygen atoms in total. The third-order valence-corrected chi connectivity index (χ3v) is 4.96. The zero-order chi connectivity index (χ0) is 18.3. The molecule has 0 radical (unpaired) electrons. The van der Waals surface area contributed by atoms with E-state index in [1.54, 1.807) is 0 Å². The van der Waals surface area contributed by atoms with Crippen LogP contribution in [0.4, 0.5) is 0 Å². The van der Waals surface area contributed by atoms with Gasteiger partial charge in [-0.3, -0.25) is 0 Å². The minimum absolute atomic E-state index is 0.145. The zero-order valence-electron chi connectivity index (χ0n) is 15.9. The van der Waals surface area contributed by atoms with Crippen LogP contribution in [0.1, 0.15) is 31.4 Å². The molecule has 2 rings (SSSR count). The summed E-state index contributed by atoms with van der Waals surface area (Å²) in [6, 6.07) is 20.7. The predicted octanol–water partition coefficient (Wildman–Crippen LogP) is 4.65. The summed E-state index contributed by atoms with van der Waals surface area (Å²) in [5.74, 6) is 0.145. The monoisotopic (exact) mass is 337 g/mol. The van der Waals surface area contributed by atoms with Gasteiger partial charge in [0.15, 0.2) is 0 Å². The lowest BCUT2D eigenvalue weighted by molar-refractivity contribution is 0.00732. The molecule has 2 aromatic rings. The lowest BCUT2D eigenvalue weighted by Gasteiger charge is -2.37. The van der Waals surface area contributed by atoms with E-state index in [9.17, 15) is 5.11 Å². The van der Waals surface area contributed by atoms with Crippen molar-refractivity contribution in [1.82, 2.24) is 4.90 Å². The highest BCUT2D eigenvalue weighted by Gasteiger charge is 2.35. The van der Waals surface area contributed by atoms with Gasteiger partial charge in [-0.05, 0) is 50.6 Å². The molecule has 2 aromatic carbocycles. The van der Waals surface area contributed by atoms with E-state index in [2.05, 4.69) is 75.3 Å². The van der Waals surface area contributed by atoms with Gasteiger partial charge < -0.3 is 10.0 Å². The first-order chi connectivity index (χ1) is 11.9. The Labute approximate surface area is 152 Å². The van der Waals surface area contributed by atoms with E-state index in [-0.39, 0.29) is 5.92 Å². The Kier molecular flexibility index (Phi) is 6.98. The van der Waals surface area contributed by atoms with Gasteiger partial charge in [0.1, 0.15) is 0 Å². The standard InChI is InChI=1S/C23H31NO/c1-19(17-22-13-9-6-10-14-22)23(25,20(2)18-24(3)4)16-15-21-11-7-5-8-12-21/h5-14,17,20,25H,15-16,18H2,1-4H3. The summed E-state index contributed by atoms with van der Waals surface area (Å²) in [5, 5.41) is 11.6. The summed E-state index contributed by atoms with van der Waals surface area (Å²) in [5.41, 5.74) is 2.61. The molecular weight excluding hydrogens is 306 g/mol. The van der Waals surface area contributed by atoms with Crippen molar-refractivity contribution in [2.75, 3.05) is 20.6 Å². The van der Waals surface area contributed by atoms with Crippen LogP contribution < -0.4 is 0 Å². The van der Waals surface area contributed by atoms with Gasteiger partial charge in [0.05, 0.1) is 5.60 Å². The maximum Gasteiger partial charge on any atom is 0.0898 e. The van der Waals surface area contributed by atoms with E-state index in [1.165, 1.54) is 5.56 Å². The van der Waals surface area contributed by atoms with Crippen molar-refractivity contribution in [2.24, 2.45) is 5.92 Å². The topological polar surface area (TPSA) is 23.5 Å². The van der Waals surface area contributed by atoms with E-state index < -0.39 is 5.60 Å². The SMILES string of the molecule is CC(=Cc1ccccc1)C(O)(CCc1ccccc1)C(C)CN(C)C. The lowest BCUT2D eigenvalue weighted by atomic mass is 9.77. The summed E-state index contributed by atoms with van der Waals surface area (Å²) in [7, 11) is 4.12. The highest BCUT2D eigenvalue weighted by Crippen LogP contribution is 2.33. The average Bonchev–Trinajstić information content (AvgIpc) is 2.60. The fourth-order valence-electron chi connectivity index (χ4n) is 3.43. The molecule has 25 heavy (non-hydrogen) atoms. The maximum atomic E-state index is 11.6. The molecule has 0 aliphatic heterocycles. The molecule has 0 spiro atoms. The largest absolute Gasteiger partial charge is 0.385 e. The minimum Gasteiger partial charge on any atom is -0.385 e. The van der Waals surface area contributed by atoms with Crippen molar-refractivity contribution in [1.29, 1.82) is 0 Å². The normalized spacial score (nSPS) is 15.8. The second-order valence-corrected chi connectivity index (χ2v) is 7.31. The molecule has 1 N–H and O–H groups in total. The van der Waals surface area contributed by atoms with Gasteiger partial charge >= 0.3 is 0 Å². The highest BCUT2D eigenvalue weighted by molar-refractivity contribution is 5.54. The van der Waals surface area contributed by atoms with E-state index in [4.69, 9.17) is 0 Å². The first-order valence-electron chi connectivity index (χ1n) is 9.06. The molecule has 0 aliphatic carbocycles. The van der Waals surface area contributed by atoms with E-state index in [0.29, 0.717) is 0 Å². The molecule has 0 aromatic heterocycles. The Morgan fingerprint density at radius 2 is 1.60 bits per heavy atom. The number of aryl methyl sites for hydroxylation is 1. The molecular formula is C23H31NO. The second kappa shape index (κ2) is 8.98. The Balaban J connectivity index is 2.25. The number of nitrogens with zero attached hydrogens (tertiary/aromatic N) is 1. The van der Waals surface area contributed by atoms with Crippen LogP contribution in [0.5, 0.6) is 0 Å². The van der Waals surface area contributed by atoms with Crippen LogP contribution in [-0.2, 0) is 6.42 Å². The lowest BCUT2D eigenvalue weighted by Crippen LogP contribution is -2.43. The van der Waals surface area contributed by atoms with Crippen LogP contribution in [0, 0.1) is 5.92 Å². The Hall–Kier alpha value is -1.90. The van der Waals surface area contributed by atoms with Crippen LogP contribution in [0.2, 0.25) is 0 Å². The van der Waals surface area contributed by atoms with Crippen molar-refractivity contribution in [3.8, 4) is 0 Å². The molecule has 0 saturated carbocycles. The summed E-state index contributed by atoms with van der Waals surface area (Å²) in [6.07, 6.45) is 3.72. The van der Waals surface area contributed by atoms with Gasteiger partial charge in [0, 0.05) is 12.5 Å². The predicted molar refractivity (Wildman–Crippen MR) is 108 cm³/mol. The second-order valence-electron chi connectivity index (χ2n) is 7.31. The molecule has 134 valence electrons. The smallest absolute Gasteiger partial charge is 0.0898 e. The minimum atomic E-state index is -0.823. The molecule has 2 unspecified atom stereocenters. The van der Waals surface area contributed by atoms with Gasteiger partial charge in [0.2, 0.25) is 0 Å². The van der Waals surface area contributed by atoms with E-state index in [0.717, 1.165) is 30.5 Å². The first kappa shape index (κ1) is 19.4. The van der Waals surface area contributed by atoms with E-state index >= 15 is 0 Å². The number of benzene rings is 2. The van der Waals surface area contributed by atoms with Crippen LogP contribution in [0.15, 0.2) is 66.2 Å². The third-order valence-electron chi connectivity index (χ3n) is 4.96. The fraction of sp³-hybridized carbons (Fsp3) is 0.391. The van der Waals surface area contributed by atoms with Gasteiger partial charge in [-0.1, -0.05) is 73.7 Å². The van der Waals surface area contributed by atoms with Crippen molar-refractivity contribution in [3.63, 3.8) is 0 Å². The average molecular weight is 338 g/mol. The van der Waals surface area contributed by atoms with Gasteiger partial charge in [-0.15, -0.1) is 0 Å². The van der Waals surface area contributed by atoms with Crippen molar-refractivity contribution < 1.29 is 5.11 Å². The molecule has 0 aliphatic rings. The Morgan fingerprint density at radius 1 is 1.04 bits per heavy atom. The third kappa shape index (κ3) is 5.55. The number of hydrogen-bond acceptors (Lipinski definition) is 2. The van der Waals surface area contributed by atoms with Crippen molar-refractivity contribution in [2.45, 2.75) is 32.3 Å². The molecule has 2 heteroatoms. The Bertz CT molecular complexity index is 663. The number of aliphatic hydroxyl groups is 1. The van der Waals surface area contributed by atoms with Crippen LogP contribution in [0.3, 0.4) is 0 Å². The van der Waals surface area contributed by atoms with Gasteiger partial charge in [-0.2, -0.15) is 0 Å². The summed E-state index contributed by atoms with van der Waals surface area (Å²) in [4.78, 5) is 2.15. The fourth-order valence-corrected chi connectivity index (χ4v) is 3.43. The first-order valence-corrected chi connectivity index (χ1v) is 9.06. The highest BCUT2D eigenvalue weighted by atomic mass is 16.3. The molecule has 0 heterocycles. The van der Waals surface area contributed by atoms with Crippen LogP contribution in [-0.4, -0.2) is 36.2 Å². The summed E-state index contributed by atoms with van der Waals surface area (Å²) >= 11 is 0. The maximum absolute atomic E-state index is 11.6. The quantitative estimate of drug-likeness (QED) is 0.758. The molecule has 0 fully saturated rings. The number of hydrogen-bond donors (Lipinski definition) is 1. The van der Waals surface area contributed by atoms with Crippen LogP contribution >= 0.6 is 0 Å². The summed E-state index contributed by atoms with van der Waals surface area (Å²) < 4.78 is 0. The summed E-state index contributed by atoms with van der Waals surface area (Å²) in [6.45, 7) is 5.06. The zero-order valence-corrected chi connectivity index (χ0v) is 15.9. The van der Waals surface area contributed by atoms with Gasteiger partial charge in [0.25, 0.3) is 0 Å². The van der Waals surface area contributed by atoms with Crippen molar-refractivity contribution in [3.05, 3.63) is 77.4 Å². The van der Waals surface area contributed by atoms with E-state index in [1.807, 2.05) is 24.3 Å². The van der Waals surface area contributed by atoms with Crippen molar-refractivity contribution >= 4 is 6.08 Å².